The van der Waals surface area contributed by atoms with E-state index in [0.29, 0.717) is 24.3 Å². The number of ketones is 1. The number of aryl methyl sites for hydroxylation is 2. The van der Waals surface area contributed by atoms with Crippen molar-refractivity contribution in [2.75, 3.05) is 12.3 Å². The molecule has 0 aliphatic carbocycles. The smallest absolute Gasteiger partial charge is 0.373 e. The highest BCUT2D eigenvalue weighted by molar-refractivity contribution is 5.95. The van der Waals surface area contributed by atoms with Gasteiger partial charge in [0.15, 0.2) is 0 Å². The van der Waals surface area contributed by atoms with E-state index in [2.05, 4.69) is 9.97 Å². The molecule has 0 spiro atoms. The van der Waals surface area contributed by atoms with Crippen LogP contribution < -0.4 is 10.5 Å². The standard InChI is InChI=1S/C22H25N3O2.CO2/c1-15-13-17(23)21-18(25-15)5-4-6-19(21)27-14-22(2,3)20(26)8-7-16-9-11-24-12-10-16;2-1-3/h4-6,9-13H,7-8,14H2,1-3H3,(H2,23,25);. The summed E-state index contributed by atoms with van der Waals surface area (Å²) in [6.07, 6.45) is 4.91. The largest absolute Gasteiger partial charge is 0.492 e. The predicted molar refractivity (Wildman–Crippen MR) is 113 cm³/mol. The summed E-state index contributed by atoms with van der Waals surface area (Å²) in [6, 6.07) is 11.4. The number of rotatable bonds is 7. The van der Waals surface area contributed by atoms with Crippen molar-refractivity contribution in [3.63, 3.8) is 0 Å². The monoisotopic (exact) mass is 407 g/mol. The van der Waals surface area contributed by atoms with E-state index < -0.39 is 5.41 Å². The molecule has 2 heterocycles. The Morgan fingerprint density at radius 1 is 1.17 bits per heavy atom. The van der Waals surface area contributed by atoms with Crippen molar-refractivity contribution in [3.05, 3.63) is 60.0 Å². The van der Waals surface area contributed by atoms with Crippen molar-refractivity contribution < 1.29 is 19.1 Å². The summed E-state index contributed by atoms with van der Waals surface area (Å²) in [5.74, 6) is 0.828. The zero-order valence-electron chi connectivity index (χ0n) is 17.3. The van der Waals surface area contributed by atoms with Crippen LogP contribution in [0.2, 0.25) is 0 Å². The van der Waals surface area contributed by atoms with Gasteiger partial charge in [0.2, 0.25) is 0 Å². The third-order valence-corrected chi connectivity index (χ3v) is 4.69. The number of hydrogen-bond acceptors (Lipinski definition) is 7. The minimum absolute atomic E-state index is 0.168. The SMILES string of the molecule is Cc1cc(N)c2c(OCC(C)(C)C(=O)CCc3ccncc3)cccc2n1.O=C=O. The number of nitrogens with zero attached hydrogens (tertiary/aromatic N) is 2. The van der Waals surface area contributed by atoms with E-state index >= 15 is 0 Å². The molecule has 2 N–H and O–H groups in total. The van der Waals surface area contributed by atoms with Crippen LogP contribution in [0, 0.1) is 12.3 Å². The van der Waals surface area contributed by atoms with Gasteiger partial charge in [-0.3, -0.25) is 14.8 Å². The number of aromatic nitrogens is 2. The van der Waals surface area contributed by atoms with Gasteiger partial charge in [-0.25, -0.2) is 0 Å². The van der Waals surface area contributed by atoms with Gasteiger partial charge in [0, 0.05) is 30.2 Å². The van der Waals surface area contributed by atoms with Gasteiger partial charge >= 0.3 is 6.15 Å². The molecule has 0 saturated heterocycles. The Morgan fingerprint density at radius 2 is 1.83 bits per heavy atom. The van der Waals surface area contributed by atoms with Crippen LogP contribution in [-0.4, -0.2) is 28.5 Å². The molecular formula is C23H25N3O4. The maximum atomic E-state index is 12.7. The summed E-state index contributed by atoms with van der Waals surface area (Å²) in [5, 5.41) is 0.795. The van der Waals surface area contributed by atoms with Crippen LogP contribution >= 0.6 is 0 Å². The van der Waals surface area contributed by atoms with E-state index in [4.69, 9.17) is 20.1 Å². The zero-order chi connectivity index (χ0) is 22.1. The highest BCUT2D eigenvalue weighted by atomic mass is 16.5. The Bertz CT molecular complexity index is 1040. The molecular weight excluding hydrogens is 382 g/mol. The van der Waals surface area contributed by atoms with E-state index in [1.807, 2.05) is 57.2 Å². The van der Waals surface area contributed by atoms with Gasteiger partial charge in [-0.15, -0.1) is 0 Å². The van der Waals surface area contributed by atoms with E-state index in [9.17, 15) is 4.79 Å². The van der Waals surface area contributed by atoms with Crippen LogP contribution in [-0.2, 0) is 20.8 Å². The van der Waals surface area contributed by atoms with Gasteiger partial charge in [-0.2, -0.15) is 9.59 Å². The lowest BCUT2D eigenvalue weighted by molar-refractivity contribution is -0.191. The van der Waals surface area contributed by atoms with Gasteiger partial charge in [-0.1, -0.05) is 6.07 Å². The summed E-state index contributed by atoms with van der Waals surface area (Å²) < 4.78 is 6.03. The molecule has 0 radical (unpaired) electrons. The normalized spacial score (nSPS) is 10.6. The van der Waals surface area contributed by atoms with Gasteiger partial charge < -0.3 is 10.5 Å². The van der Waals surface area contributed by atoms with Crippen LogP contribution in [0.1, 0.15) is 31.5 Å². The topological polar surface area (TPSA) is 112 Å². The molecule has 3 aromatic rings. The molecule has 30 heavy (non-hydrogen) atoms. The summed E-state index contributed by atoms with van der Waals surface area (Å²) >= 11 is 0. The van der Waals surface area contributed by atoms with Gasteiger partial charge in [0.1, 0.15) is 18.1 Å². The number of fused-ring (bicyclic) bond motifs is 1. The average Bonchev–Trinajstić information content (AvgIpc) is 2.71. The number of nitrogen functional groups attached to an aromatic ring is 1. The minimum atomic E-state index is -0.595. The Hall–Kier alpha value is -3.57. The lowest BCUT2D eigenvalue weighted by Crippen LogP contribution is -2.31. The molecule has 156 valence electrons. The van der Waals surface area contributed by atoms with E-state index in [-0.39, 0.29) is 18.5 Å². The number of nitrogens with two attached hydrogens (primary N) is 1. The molecule has 0 aliphatic rings. The fourth-order valence-corrected chi connectivity index (χ4v) is 3.03. The summed E-state index contributed by atoms with van der Waals surface area (Å²) in [4.78, 5) is 37.5. The molecule has 0 saturated carbocycles. The second kappa shape index (κ2) is 10.3. The minimum Gasteiger partial charge on any atom is -0.492 e. The number of carbonyl (C=O) groups excluding carboxylic acids is 3. The van der Waals surface area contributed by atoms with Gasteiger partial charge in [0.25, 0.3) is 0 Å². The third-order valence-electron chi connectivity index (χ3n) is 4.69. The van der Waals surface area contributed by atoms with Crippen molar-refractivity contribution in [3.8, 4) is 5.75 Å². The quantitative estimate of drug-likeness (QED) is 0.637. The Labute approximate surface area is 175 Å². The number of carbonyl (C=O) groups is 1. The fourth-order valence-electron chi connectivity index (χ4n) is 3.03. The first kappa shape index (κ1) is 22.7. The molecule has 2 aromatic heterocycles. The molecule has 0 aliphatic heterocycles. The number of hydrogen-bond donors (Lipinski definition) is 1. The van der Waals surface area contributed by atoms with Crippen molar-refractivity contribution in [1.82, 2.24) is 9.97 Å². The summed E-state index contributed by atoms with van der Waals surface area (Å²) in [6.45, 7) is 6.03. The molecule has 3 rings (SSSR count). The molecule has 7 heteroatoms. The number of Topliss-reactive ketones (excluding diaryl/α,β-unsaturated/α-hetero) is 1. The van der Waals surface area contributed by atoms with E-state index in [1.54, 1.807) is 12.4 Å². The molecule has 0 atom stereocenters. The first-order chi connectivity index (χ1) is 14.3. The highest BCUT2D eigenvalue weighted by Gasteiger charge is 2.28. The first-order valence-corrected chi connectivity index (χ1v) is 9.48. The van der Waals surface area contributed by atoms with E-state index in [1.165, 1.54) is 0 Å². The van der Waals surface area contributed by atoms with Gasteiger partial charge in [-0.05, 0) is 63.1 Å². The predicted octanol–water partition coefficient (Wildman–Crippen LogP) is 3.54. The van der Waals surface area contributed by atoms with Crippen molar-refractivity contribution in [1.29, 1.82) is 0 Å². The second-order valence-corrected chi connectivity index (χ2v) is 7.54. The lowest BCUT2D eigenvalue weighted by atomic mass is 9.86. The Balaban J connectivity index is 0.00000101. The number of anilines is 1. The summed E-state index contributed by atoms with van der Waals surface area (Å²) in [5.41, 5.74) is 8.99. The van der Waals surface area contributed by atoms with E-state index in [0.717, 1.165) is 22.2 Å². The highest BCUT2D eigenvalue weighted by Crippen LogP contribution is 2.32. The maximum absolute atomic E-state index is 12.7. The van der Waals surface area contributed by atoms with Crippen LogP contribution in [0.25, 0.3) is 10.9 Å². The molecule has 7 nitrogen and oxygen atoms in total. The third kappa shape index (κ3) is 5.96. The van der Waals surface area contributed by atoms with Crippen LogP contribution in [0.15, 0.2) is 48.8 Å². The molecule has 0 amide bonds. The first-order valence-electron chi connectivity index (χ1n) is 9.48. The molecule has 1 aromatic carbocycles. The van der Waals surface area contributed by atoms with Crippen molar-refractivity contribution in [2.24, 2.45) is 5.41 Å². The Kier molecular flexibility index (Phi) is 7.78. The van der Waals surface area contributed by atoms with Crippen molar-refractivity contribution in [2.45, 2.75) is 33.6 Å². The molecule has 0 unspecified atom stereocenters. The average molecular weight is 407 g/mol. The number of benzene rings is 1. The van der Waals surface area contributed by atoms with Gasteiger partial charge in [0.05, 0.1) is 16.3 Å². The van der Waals surface area contributed by atoms with Crippen molar-refractivity contribution >= 4 is 28.5 Å². The summed E-state index contributed by atoms with van der Waals surface area (Å²) in [7, 11) is 0. The second-order valence-electron chi connectivity index (χ2n) is 7.54. The number of ether oxygens (including phenoxy) is 1. The van der Waals surface area contributed by atoms with Crippen LogP contribution in [0.3, 0.4) is 0 Å². The molecule has 0 bridgehead atoms. The van der Waals surface area contributed by atoms with Crippen LogP contribution in [0.4, 0.5) is 5.69 Å². The fraction of sp³-hybridized carbons (Fsp3) is 0.304. The maximum Gasteiger partial charge on any atom is 0.373 e. The Morgan fingerprint density at radius 3 is 2.50 bits per heavy atom. The lowest BCUT2D eigenvalue weighted by Gasteiger charge is -2.24. The zero-order valence-corrected chi connectivity index (χ0v) is 17.3. The number of pyridine rings is 2. The molecule has 0 fully saturated rings. The van der Waals surface area contributed by atoms with Crippen LogP contribution in [0.5, 0.6) is 5.75 Å².